The molecule has 2 aromatic carbocycles. The highest BCUT2D eigenvalue weighted by molar-refractivity contribution is 6.31. The van der Waals surface area contributed by atoms with Crippen molar-refractivity contribution in [3.63, 3.8) is 0 Å². The molecule has 1 N–H and O–H groups in total. The second-order valence-electron chi connectivity index (χ2n) is 5.38. The maximum atomic E-state index is 11.7. The zero-order valence-electron chi connectivity index (χ0n) is 12.7. The van der Waals surface area contributed by atoms with Crippen molar-refractivity contribution in [2.24, 2.45) is 0 Å². The molecule has 0 saturated carbocycles. The number of rotatable bonds is 3. The van der Waals surface area contributed by atoms with E-state index < -0.39 is 0 Å². The second-order valence-corrected chi connectivity index (χ2v) is 5.82. The Morgan fingerprint density at radius 3 is 2.64 bits per heavy atom. The minimum absolute atomic E-state index is 0.596. The number of halogens is 1. The van der Waals surface area contributed by atoms with Crippen LogP contribution < -0.4 is 4.74 Å². The molecule has 0 aliphatic carbocycles. The monoisotopic (exact) mass is 313 g/mol. The van der Waals surface area contributed by atoms with E-state index in [1.165, 1.54) is 0 Å². The molecule has 0 bridgehead atoms. The number of ether oxygens (including phenoxy) is 1. The first kappa shape index (κ1) is 14.7. The highest BCUT2D eigenvalue weighted by atomic mass is 35.5. The number of aldehydes is 1. The Balaban J connectivity index is 2.39. The molecule has 3 aromatic rings. The van der Waals surface area contributed by atoms with Gasteiger partial charge in [0, 0.05) is 27.1 Å². The van der Waals surface area contributed by atoms with Gasteiger partial charge in [-0.2, -0.15) is 0 Å². The molecule has 3 nitrogen and oxygen atoms in total. The Bertz CT molecular complexity index is 880. The zero-order chi connectivity index (χ0) is 15.9. The van der Waals surface area contributed by atoms with E-state index in [0.29, 0.717) is 16.3 Å². The lowest BCUT2D eigenvalue weighted by molar-refractivity contribution is 0.112. The summed E-state index contributed by atoms with van der Waals surface area (Å²) in [7, 11) is 1.60. The molecule has 0 aliphatic heterocycles. The molecule has 0 unspecified atom stereocenters. The van der Waals surface area contributed by atoms with Crippen LogP contribution in [0.4, 0.5) is 0 Å². The van der Waals surface area contributed by atoms with Crippen molar-refractivity contribution in [1.82, 2.24) is 4.98 Å². The molecule has 0 atom stereocenters. The fourth-order valence-corrected chi connectivity index (χ4v) is 3.06. The SMILES string of the molecule is COc1ccc(Cl)cc1-c1[nH]c2c(C)cc(C)cc2c1C=O. The van der Waals surface area contributed by atoms with E-state index in [1.54, 1.807) is 25.3 Å². The lowest BCUT2D eigenvalue weighted by Gasteiger charge is -2.08. The van der Waals surface area contributed by atoms with E-state index >= 15 is 0 Å². The van der Waals surface area contributed by atoms with Crippen LogP contribution in [0.5, 0.6) is 5.75 Å². The number of methoxy groups -OCH3 is 1. The number of benzene rings is 2. The van der Waals surface area contributed by atoms with Gasteiger partial charge in [0.2, 0.25) is 0 Å². The van der Waals surface area contributed by atoms with Crippen LogP contribution in [0, 0.1) is 13.8 Å². The van der Waals surface area contributed by atoms with Gasteiger partial charge in [-0.3, -0.25) is 4.79 Å². The Hall–Kier alpha value is -2.26. The minimum Gasteiger partial charge on any atom is -0.496 e. The summed E-state index contributed by atoms with van der Waals surface area (Å²) in [6.45, 7) is 4.05. The summed E-state index contributed by atoms with van der Waals surface area (Å²) in [5, 5.41) is 1.52. The van der Waals surface area contributed by atoms with Crippen molar-refractivity contribution in [3.05, 3.63) is 52.0 Å². The maximum absolute atomic E-state index is 11.7. The minimum atomic E-state index is 0.596. The van der Waals surface area contributed by atoms with Gasteiger partial charge in [-0.05, 0) is 43.7 Å². The quantitative estimate of drug-likeness (QED) is 0.697. The summed E-state index contributed by atoms with van der Waals surface area (Å²) >= 11 is 6.12. The van der Waals surface area contributed by atoms with Crippen molar-refractivity contribution >= 4 is 28.8 Å². The van der Waals surface area contributed by atoms with Gasteiger partial charge in [-0.1, -0.05) is 23.2 Å². The first-order chi connectivity index (χ1) is 10.5. The number of fused-ring (bicyclic) bond motifs is 1. The van der Waals surface area contributed by atoms with E-state index in [4.69, 9.17) is 16.3 Å². The molecule has 22 heavy (non-hydrogen) atoms. The first-order valence-corrected chi connectivity index (χ1v) is 7.35. The lowest BCUT2D eigenvalue weighted by Crippen LogP contribution is -1.91. The number of nitrogens with one attached hydrogen (secondary N) is 1. The van der Waals surface area contributed by atoms with E-state index in [2.05, 4.69) is 11.1 Å². The molecule has 0 aliphatic rings. The lowest BCUT2D eigenvalue weighted by atomic mass is 10.0. The molecule has 4 heteroatoms. The fraction of sp³-hybridized carbons (Fsp3) is 0.167. The largest absolute Gasteiger partial charge is 0.496 e. The Morgan fingerprint density at radius 2 is 1.95 bits per heavy atom. The average molecular weight is 314 g/mol. The summed E-state index contributed by atoms with van der Waals surface area (Å²) < 4.78 is 5.41. The van der Waals surface area contributed by atoms with Crippen LogP contribution in [0.25, 0.3) is 22.2 Å². The predicted molar refractivity (Wildman–Crippen MR) is 90.2 cm³/mol. The van der Waals surface area contributed by atoms with Crippen molar-refractivity contribution in [2.75, 3.05) is 7.11 Å². The molecule has 112 valence electrons. The third-order valence-corrected chi connectivity index (χ3v) is 4.07. The molecule has 1 heterocycles. The molecule has 3 rings (SSSR count). The number of H-pyrrole nitrogens is 1. The van der Waals surface area contributed by atoms with Gasteiger partial charge in [0.25, 0.3) is 0 Å². The fourth-order valence-electron chi connectivity index (χ4n) is 2.88. The van der Waals surface area contributed by atoms with Crippen LogP contribution in [0.3, 0.4) is 0 Å². The third-order valence-electron chi connectivity index (χ3n) is 3.84. The number of hydrogen-bond acceptors (Lipinski definition) is 2. The van der Waals surface area contributed by atoms with Gasteiger partial charge < -0.3 is 9.72 Å². The van der Waals surface area contributed by atoms with Gasteiger partial charge in [0.05, 0.1) is 12.8 Å². The van der Waals surface area contributed by atoms with Crippen LogP contribution in [0.1, 0.15) is 21.5 Å². The number of aromatic nitrogens is 1. The number of carbonyl (C=O) groups excluding carboxylic acids is 1. The summed E-state index contributed by atoms with van der Waals surface area (Å²) in [5.41, 5.74) is 5.33. The summed E-state index contributed by atoms with van der Waals surface area (Å²) in [4.78, 5) is 15.0. The van der Waals surface area contributed by atoms with Gasteiger partial charge >= 0.3 is 0 Å². The smallest absolute Gasteiger partial charge is 0.152 e. The van der Waals surface area contributed by atoms with Crippen LogP contribution >= 0.6 is 11.6 Å². The van der Waals surface area contributed by atoms with Gasteiger partial charge in [-0.15, -0.1) is 0 Å². The average Bonchev–Trinajstić information content (AvgIpc) is 2.85. The molecule has 1 aromatic heterocycles. The van der Waals surface area contributed by atoms with Crippen LogP contribution in [0.2, 0.25) is 5.02 Å². The van der Waals surface area contributed by atoms with E-state index in [-0.39, 0.29) is 0 Å². The van der Waals surface area contributed by atoms with Crippen LogP contribution in [-0.4, -0.2) is 18.4 Å². The first-order valence-electron chi connectivity index (χ1n) is 6.97. The Kier molecular flexibility index (Phi) is 3.67. The van der Waals surface area contributed by atoms with Crippen LogP contribution in [0.15, 0.2) is 30.3 Å². The Morgan fingerprint density at radius 1 is 1.18 bits per heavy atom. The van der Waals surface area contributed by atoms with Crippen LogP contribution in [-0.2, 0) is 0 Å². The molecular formula is C18H16ClNO2. The van der Waals surface area contributed by atoms with E-state index in [0.717, 1.165) is 39.6 Å². The topological polar surface area (TPSA) is 42.1 Å². The van der Waals surface area contributed by atoms with E-state index in [9.17, 15) is 4.79 Å². The van der Waals surface area contributed by atoms with Gasteiger partial charge in [0.1, 0.15) is 5.75 Å². The third kappa shape index (κ3) is 2.28. The Labute approximate surface area is 133 Å². The summed E-state index contributed by atoms with van der Waals surface area (Å²) in [6.07, 6.45) is 0.882. The maximum Gasteiger partial charge on any atom is 0.152 e. The standard InChI is InChI=1S/C18H16ClNO2/c1-10-6-11(2)17-13(7-10)15(9-21)18(20-17)14-8-12(19)4-5-16(14)22-3/h4-9,20H,1-3H3. The second kappa shape index (κ2) is 5.50. The van der Waals surface area contributed by atoms with Gasteiger partial charge in [0.15, 0.2) is 6.29 Å². The van der Waals surface area contributed by atoms with Crippen molar-refractivity contribution in [2.45, 2.75) is 13.8 Å². The molecule has 0 fully saturated rings. The molecular weight excluding hydrogens is 298 g/mol. The number of aromatic amines is 1. The predicted octanol–water partition coefficient (Wildman–Crippen LogP) is 4.93. The number of aryl methyl sites for hydroxylation is 2. The normalized spacial score (nSPS) is 10.9. The molecule has 0 saturated heterocycles. The molecule has 0 spiro atoms. The summed E-state index contributed by atoms with van der Waals surface area (Å²) in [5.74, 6) is 0.674. The van der Waals surface area contributed by atoms with Crippen molar-refractivity contribution < 1.29 is 9.53 Å². The molecule has 0 amide bonds. The molecule has 0 radical (unpaired) electrons. The highest BCUT2D eigenvalue weighted by Crippen LogP contribution is 2.37. The van der Waals surface area contributed by atoms with Crippen molar-refractivity contribution in [1.29, 1.82) is 0 Å². The van der Waals surface area contributed by atoms with Gasteiger partial charge in [-0.25, -0.2) is 0 Å². The zero-order valence-corrected chi connectivity index (χ0v) is 13.4. The van der Waals surface area contributed by atoms with E-state index in [1.807, 2.05) is 19.9 Å². The highest BCUT2D eigenvalue weighted by Gasteiger charge is 2.17. The van der Waals surface area contributed by atoms with Crippen molar-refractivity contribution in [3.8, 4) is 17.0 Å². The number of carbonyl (C=O) groups is 1. The number of hydrogen-bond donors (Lipinski definition) is 1. The summed E-state index contributed by atoms with van der Waals surface area (Å²) in [6, 6.07) is 9.48.